The molecule has 1 N–H and O–H groups in total. The predicted octanol–water partition coefficient (Wildman–Crippen LogP) is 0.891. The van der Waals surface area contributed by atoms with Gasteiger partial charge in [0, 0.05) is 25.7 Å². The van der Waals surface area contributed by atoms with Crippen LogP contribution in [0, 0.1) is 0 Å². The van der Waals surface area contributed by atoms with Gasteiger partial charge in [0.2, 0.25) is 0 Å². The van der Waals surface area contributed by atoms with Crippen LogP contribution >= 0.6 is 0 Å². The maximum Gasteiger partial charge on any atom is 0.320 e. The third-order valence-corrected chi connectivity index (χ3v) is 3.60. The smallest absolute Gasteiger partial charge is 0.320 e. The number of carbonyl (C=O) groups is 1. The summed E-state index contributed by atoms with van der Waals surface area (Å²) in [6, 6.07) is 0.103. The molecule has 1 saturated heterocycles. The van der Waals surface area contributed by atoms with Gasteiger partial charge in [-0.1, -0.05) is 6.92 Å². The molecular weight excluding hydrogens is 232 g/mol. The van der Waals surface area contributed by atoms with Crippen LogP contribution in [0.5, 0.6) is 0 Å². The van der Waals surface area contributed by atoms with Crippen LogP contribution in [-0.4, -0.2) is 72.4 Å². The van der Waals surface area contributed by atoms with Gasteiger partial charge in [0.1, 0.15) is 6.04 Å². The minimum atomic E-state index is -0.753. The number of carboxylic acids is 1. The van der Waals surface area contributed by atoms with Gasteiger partial charge in [-0.2, -0.15) is 0 Å². The highest BCUT2D eigenvalue weighted by molar-refractivity contribution is 5.73. The molecule has 2 unspecified atom stereocenters. The average molecular weight is 258 g/mol. The lowest BCUT2D eigenvalue weighted by atomic mass is 10.1. The SMILES string of the molecule is CCC(C(=O)O)N(C)CC1CN(C(C)C)CCO1. The van der Waals surface area contributed by atoms with E-state index < -0.39 is 12.0 Å². The summed E-state index contributed by atoms with van der Waals surface area (Å²) in [5.41, 5.74) is 0. The van der Waals surface area contributed by atoms with Gasteiger partial charge in [-0.3, -0.25) is 14.6 Å². The Morgan fingerprint density at radius 2 is 2.22 bits per heavy atom. The molecule has 0 aromatic rings. The summed E-state index contributed by atoms with van der Waals surface area (Å²) < 4.78 is 5.73. The molecule has 0 spiro atoms. The van der Waals surface area contributed by atoms with E-state index in [-0.39, 0.29) is 6.10 Å². The van der Waals surface area contributed by atoms with Crippen LogP contribution in [0.25, 0.3) is 0 Å². The molecule has 2 atom stereocenters. The normalized spacial score (nSPS) is 23.6. The molecule has 18 heavy (non-hydrogen) atoms. The standard InChI is InChI=1S/C13H26N2O3/c1-5-12(13(16)17)14(4)8-11-9-15(10(2)3)6-7-18-11/h10-12H,5-9H2,1-4H3,(H,16,17). The van der Waals surface area contributed by atoms with Crippen molar-refractivity contribution in [1.82, 2.24) is 9.80 Å². The second-order valence-electron chi connectivity index (χ2n) is 5.28. The fourth-order valence-electron chi connectivity index (χ4n) is 2.44. The summed E-state index contributed by atoms with van der Waals surface area (Å²) >= 11 is 0. The highest BCUT2D eigenvalue weighted by atomic mass is 16.5. The van der Waals surface area contributed by atoms with Gasteiger partial charge in [0.25, 0.3) is 0 Å². The Hall–Kier alpha value is -0.650. The van der Waals surface area contributed by atoms with Crippen molar-refractivity contribution < 1.29 is 14.6 Å². The van der Waals surface area contributed by atoms with Crippen molar-refractivity contribution in [1.29, 1.82) is 0 Å². The number of hydrogen-bond acceptors (Lipinski definition) is 4. The Morgan fingerprint density at radius 1 is 1.56 bits per heavy atom. The monoisotopic (exact) mass is 258 g/mol. The Labute approximate surface area is 110 Å². The highest BCUT2D eigenvalue weighted by Gasteiger charge is 2.27. The summed E-state index contributed by atoms with van der Waals surface area (Å²) in [6.45, 7) is 9.52. The number of rotatable bonds is 6. The van der Waals surface area contributed by atoms with Crippen molar-refractivity contribution in [3.63, 3.8) is 0 Å². The van der Waals surface area contributed by atoms with Crippen molar-refractivity contribution in [3.8, 4) is 0 Å². The lowest BCUT2D eigenvalue weighted by molar-refractivity contribution is -0.144. The summed E-state index contributed by atoms with van der Waals surface area (Å²) in [5.74, 6) is -0.753. The first-order chi connectivity index (χ1) is 8.45. The molecule has 0 aromatic heterocycles. The second kappa shape index (κ2) is 7.07. The van der Waals surface area contributed by atoms with E-state index in [1.165, 1.54) is 0 Å². The molecule has 1 aliphatic rings. The maximum absolute atomic E-state index is 11.1. The summed E-state index contributed by atoms with van der Waals surface area (Å²) in [5, 5.41) is 9.12. The van der Waals surface area contributed by atoms with Gasteiger partial charge in [-0.05, 0) is 27.3 Å². The van der Waals surface area contributed by atoms with Gasteiger partial charge >= 0.3 is 5.97 Å². The fourth-order valence-corrected chi connectivity index (χ4v) is 2.44. The van der Waals surface area contributed by atoms with E-state index in [0.29, 0.717) is 19.0 Å². The largest absolute Gasteiger partial charge is 0.480 e. The van der Waals surface area contributed by atoms with Gasteiger partial charge in [-0.25, -0.2) is 0 Å². The highest BCUT2D eigenvalue weighted by Crippen LogP contribution is 2.11. The van der Waals surface area contributed by atoms with Crippen molar-refractivity contribution in [3.05, 3.63) is 0 Å². The van der Waals surface area contributed by atoms with E-state index >= 15 is 0 Å². The summed E-state index contributed by atoms with van der Waals surface area (Å²) in [6.07, 6.45) is 0.728. The van der Waals surface area contributed by atoms with Gasteiger partial charge < -0.3 is 9.84 Å². The second-order valence-corrected chi connectivity index (χ2v) is 5.28. The molecule has 1 fully saturated rings. The van der Waals surface area contributed by atoms with E-state index in [4.69, 9.17) is 9.84 Å². The van der Waals surface area contributed by atoms with E-state index in [0.717, 1.165) is 19.7 Å². The molecular formula is C13H26N2O3. The Kier molecular flexibility index (Phi) is 6.05. The number of nitrogens with zero attached hydrogens (tertiary/aromatic N) is 2. The number of ether oxygens (including phenoxy) is 1. The zero-order valence-electron chi connectivity index (χ0n) is 11.9. The third-order valence-electron chi connectivity index (χ3n) is 3.60. The summed E-state index contributed by atoms with van der Waals surface area (Å²) in [7, 11) is 1.86. The predicted molar refractivity (Wildman–Crippen MR) is 70.8 cm³/mol. The first kappa shape index (κ1) is 15.4. The van der Waals surface area contributed by atoms with Crippen LogP contribution in [0.1, 0.15) is 27.2 Å². The number of likely N-dealkylation sites (N-methyl/N-ethyl adjacent to an activating group) is 1. The number of aliphatic carboxylic acids is 1. The molecule has 106 valence electrons. The Balaban J connectivity index is 2.48. The van der Waals surface area contributed by atoms with Crippen molar-refractivity contribution in [2.24, 2.45) is 0 Å². The molecule has 0 bridgehead atoms. The lowest BCUT2D eigenvalue weighted by Crippen LogP contribution is -2.51. The molecule has 0 saturated carbocycles. The first-order valence-corrected chi connectivity index (χ1v) is 6.74. The molecule has 1 aliphatic heterocycles. The Morgan fingerprint density at radius 3 is 2.72 bits per heavy atom. The van der Waals surface area contributed by atoms with Gasteiger partial charge in [0.05, 0.1) is 12.7 Å². The van der Waals surface area contributed by atoms with E-state index in [1.54, 1.807) is 0 Å². The maximum atomic E-state index is 11.1. The average Bonchev–Trinajstić information content (AvgIpc) is 2.29. The number of carboxylic acid groups (broad SMARTS) is 1. The fraction of sp³-hybridized carbons (Fsp3) is 0.923. The third kappa shape index (κ3) is 4.23. The zero-order chi connectivity index (χ0) is 13.7. The molecule has 0 radical (unpaired) electrons. The van der Waals surface area contributed by atoms with Crippen LogP contribution in [0.3, 0.4) is 0 Å². The number of morpholine rings is 1. The minimum absolute atomic E-state index is 0.111. The van der Waals surface area contributed by atoms with E-state index in [9.17, 15) is 4.79 Å². The zero-order valence-corrected chi connectivity index (χ0v) is 11.9. The van der Waals surface area contributed by atoms with Gasteiger partial charge in [-0.15, -0.1) is 0 Å². The van der Waals surface area contributed by atoms with Crippen LogP contribution in [-0.2, 0) is 9.53 Å². The Bertz CT molecular complexity index is 271. The van der Waals surface area contributed by atoms with Crippen LogP contribution < -0.4 is 0 Å². The van der Waals surface area contributed by atoms with E-state index in [1.807, 2.05) is 18.9 Å². The number of hydrogen-bond donors (Lipinski definition) is 1. The van der Waals surface area contributed by atoms with Crippen molar-refractivity contribution in [2.75, 3.05) is 33.3 Å². The van der Waals surface area contributed by atoms with Gasteiger partial charge in [0.15, 0.2) is 0 Å². The lowest BCUT2D eigenvalue weighted by Gasteiger charge is -2.37. The van der Waals surface area contributed by atoms with Crippen LogP contribution in [0.15, 0.2) is 0 Å². The molecule has 5 heteroatoms. The van der Waals surface area contributed by atoms with Crippen molar-refractivity contribution >= 4 is 5.97 Å². The molecule has 0 aliphatic carbocycles. The molecule has 0 amide bonds. The quantitative estimate of drug-likeness (QED) is 0.767. The van der Waals surface area contributed by atoms with Crippen LogP contribution in [0.4, 0.5) is 0 Å². The molecule has 0 aromatic carbocycles. The molecule has 1 rings (SSSR count). The van der Waals surface area contributed by atoms with E-state index in [2.05, 4.69) is 18.7 Å². The van der Waals surface area contributed by atoms with Crippen molar-refractivity contribution in [2.45, 2.75) is 45.4 Å². The van der Waals surface area contributed by atoms with Crippen LogP contribution in [0.2, 0.25) is 0 Å². The topological polar surface area (TPSA) is 53.0 Å². The summed E-state index contributed by atoms with van der Waals surface area (Å²) in [4.78, 5) is 15.4. The first-order valence-electron chi connectivity index (χ1n) is 6.74. The molecule has 1 heterocycles. The minimum Gasteiger partial charge on any atom is -0.480 e. The molecule has 5 nitrogen and oxygen atoms in total.